The first-order valence-corrected chi connectivity index (χ1v) is 13.8. The highest BCUT2D eigenvalue weighted by Gasteiger charge is 2.24. The predicted molar refractivity (Wildman–Crippen MR) is 162 cm³/mol. The van der Waals surface area contributed by atoms with E-state index in [1.807, 2.05) is 37.2 Å². The number of benzene rings is 2. The summed E-state index contributed by atoms with van der Waals surface area (Å²) in [7, 11) is 3.73. The van der Waals surface area contributed by atoms with Gasteiger partial charge in [-0.25, -0.2) is 14.4 Å². The van der Waals surface area contributed by atoms with E-state index in [2.05, 4.69) is 20.4 Å². The van der Waals surface area contributed by atoms with Gasteiger partial charge in [-0.1, -0.05) is 29.8 Å². The van der Waals surface area contributed by atoms with Crippen LogP contribution in [-0.4, -0.2) is 76.0 Å². The van der Waals surface area contributed by atoms with Gasteiger partial charge in [0.2, 0.25) is 17.8 Å². The number of amides is 2. The first-order valence-electron chi connectivity index (χ1n) is 13.4. The summed E-state index contributed by atoms with van der Waals surface area (Å²) in [5, 5.41) is 7.70. The molecule has 0 unspecified atom stereocenters. The number of aliphatic imine (C=N–C) groups is 2. The lowest BCUT2D eigenvalue weighted by atomic mass is 10.0. The zero-order valence-corrected chi connectivity index (χ0v) is 24.9. The summed E-state index contributed by atoms with van der Waals surface area (Å²) >= 11 is 5.82. The maximum atomic E-state index is 14.2. The van der Waals surface area contributed by atoms with E-state index in [-0.39, 0.29) is 53.6 Å². The smallest absolute Gasteiger partial charge is 0.245 e. The molecule has 2 aromatic carbocycles. The summed E-state index contributed by atoms with van der Waals surface area (Å²) < 4.78 is 15.7. The Morgan fingerprint density at radius 1 is 1.17 bits per heavy atom. The summed E-state index contributed by atoms with van der Waals surface area (Å²) in [4.78, 5) is 50.7. The van der Waals surface area contributed by atoms with Crippen LogP contribution in [0.2, 0.25) is 5.02 Å². The molecule has 220 valence electrons. The largest absolute Gasteiger partial charge is 0.350 e. The SMILES string of the molecule is CC(=O)c1nn(CC(=O)N(CC(=O)NCc2cccc(Cl)c2F)C(C)C)c2ccc(C3=CN=C(N(C)C)N=CC3)cc12. The van der Waals surface area contributed by atoms with E-state index in [9.17, 15) is 18.8 Å². The number of hydrogen-bond acceptors (Lipinski definition) is 7. The Kier molecular flexibility index (Phi) is 9.52. The number of carbonyl (C=O) groups excluding carboxylic acids is 3. The summed E-state index contributed by atoms with van der Waals surface area (Å²) in [6.07, 6.45) is 4.11. The number of aromatic nitrogens is 2. The summed E-state index contributed by atoms with van der Waals surface area (Å²) in [5.74, 6) is -1.05. The molecule has 1 aliphatic rings. The molecule has 0 bridgehead atoms. The number of guanidine groups is 1. The second-order valence-electron chi connectivity index (χ2n) is 10.4. The maximum Gasteiger partial charge on any atom is 0.245 e. The Hall–Kier alpha value is -4.38. The van der Waals surface area contributed by atoms with E-state index in [1.54, 1.807) is 32.3 Å². The number of allylic oxidation sites excluding steroid dienone is 1. The number of ketones is 1. The quantitative estimate of drug-likeness (QED) is 0.371. The molecule has 2 heterocycles. The Morgan fingerprint density at radius 3 is 2.62 bits per heavy atom. The van der Waals surface area contributed by atoms with Crippen molar-refractivity contribution in [3.63, 3.8) is 0 Å². The molecule has 0 fully saturated rings. The van der Waals surface area contributed by atoms with Crippen molar-refractivity contribution in [2.45, 2.75) is 46.3 Å². The molecule has 2 amide bonds. The van der Waals surface area contributed by atoms with Crippen molar-refractivity contribution in [1.29, 1.82) is 0 Å². The van der Waals surface area contributed by atoms with Crippen molar-refractivity contribution in [2.75, 3.05) is 20.6 Å². The number of nitrogens with zero attached hydrogens (tertiary/aromatic N) is 6. The minimum Gasteiger partial charge on any atom is -0.350 e. The van der Waals surface area contributed by atoms with Gasteiger partial charge < -0.3 is 15.1 Å². The molecule has 10 nitrogen and oxygen atoms in total. The molecule has 1 N–H and O–H groups in total. The lowest BCUT2D eigenvalue weighted by Gasteiger charge is -2.26. The molecular formula is C30H33ClFN7O3. The third-order valence-electron chi connectivity index (χ3n) is 6.76. The van der Waals surface area contributed by atoms with Gasteiger partial charge in [0.1, 0.15) is 18.1 Å². The van der Waals surface area contributed by atoms with Crippen LogP contribution in [0.5, 0.6) is 0 Å². The van der Waals surface area contributed by atoms with Crippen LogP contribution in [0.4, 0.5) is 4.39 Å². The lowest BCUT2D eigenvalue weighted by Crippen LogP contribution is -2.45. The van der Waals surface area contributed by atoms with Crippen molar-refractivity contribution < 1.29 is 18.8 Å². The molecule has 0 aliphatic carbocycles. The Bertz CT molecular complexity index is 1620. The summed E-state index contributed by atoms with van der Waals surface area (Å²) in [6, 6.07) is 9.84. The molecule has 42 heavy (non-hydrogen) atoms. The Balaban J connectivity index is 1.54. The molecule has 1 aromatic heterocycles. The normalized spacial score (nSPS) is 13.0. The molecule has 3 aromatic rings. The fraction of sp³-hybridized carbons (Fsp3) is 0.333. The predicted octanol–water partition coefficient (Wildman–Crippen LogP) is 4.32. The average Bonchev–Trinajstić information content (AvgIpc) is 3.11. The minimum atomic E-state index is -0.597. The van der Waals surface area contributed by atoms with Crippen molar-refractivity contribution in [1.82, 2.24) is 24.9 Å². The highest BCUT2D eigenvalue weighted by molar-refractivity contribution is 6.30. The van der Waals surface area contributed by atoms with Crippen LogP contribution in [0.25, 0.3) is 16.5 Å². The Morgan fingerprint density at radius 2 is 1.93 bits per heavy atom. The van der Waals surface area contributed by atoms with Crippen molar-refractivity contribution >= 4 is 57.8 Å². The van der Waals surface area contributed by atoms with Crippen LogP contribution in [-0.2, 0) is 22.7 Å². The summed E-state index contributed by atoms with van der Waals surface area (Å²) in [6.45, 7) is 4.55. The fourth-order valence-electron chi connectivity index (χ4n) is 4.50. The minimum absolute atomic E-state index is 0.0315. The topological polar surface area (TPSA) is 112 Å². The van der Waals surface area contributed by atoms with Crippen LogP contribution >= 0.6 is 11.6 Å². The summed E-state index contributed by atoms with van der Waals surface area (Å²) in [5.41, 5.74) is 2.89. The fourth-order valence-corrected chi connectivity index (χ4v) is 4.69. The molecule has 0 saturated carbocycles. The second kappa shape index (κ2) is 13.1. The Labute approximate surface area is 248 Å². The van der Waals surface area contributed by atoms with Gasteiger partial charge in [0.05, 0.1) is 17.1 Å². The lowest BCUT2D eigenvalue weighted by molar-refractivity contribution is -0.138. The standard InChI is InChI=1S/C30H33ClFN7O3/c1-18(2)38(16-26(41)34-15-22-7-6-8-24(31)28(22)32)27(42)17-39-25-10-9-20(13-23(25)29(36-39)19(3)40)21-11-12-33-30(35-14-21)37(4)5/h6-10,12-14,18H,11,15-17H2,1-5H3,(H,34,41). The van der Waals surface area contributed by atoms with Crippen molar-refractivity contribution in [3.05, 3.63) is 70.3 Å². The second-order valence-corrected chi connectivity index (χ2v) is 10.8. The molecule has 0 spiro atoms. The van der Waals surface area contributed by atoms with E-state index < -0.39 is 11.7 Å². The number of nitrogens with one attached hydrogen (secondary N) is 1. The van der Waals surface area contributed by atoms with Gasteiger partial charge in [0.25, 0.3) is 0 Å². The maximum absolute atomic E-state index is 14.2. The van der Waals surface area contributed by atoms with Crippen molar-refractivity contribution in [2.24, 2.45) is 9.98 Å². The molecule has 12 heteroatoms. The monoisotopic (exact) mass is 593 g/mol. The molecule has 0 saturated heterocycles. The van der Waals surface area contributed by atoms with E-state index in [0.717, 1.165) is 11.1 Å². The first kappa shape index (κ1) is 30.6. The third-order valence-corrected chi connectivity index (χ3v) is 7.05. The van der Waals surface area contributed by atoms with Gasteiger partial charge in [-0.3, -0.25) is 19.1 Å². The van der Waals surface area contributed by atoms with Gasteiger partial charge in [0, 0.05) is 63.4 Å². The molecule has 4 rings (SSSR count). The van der Waals surface area contributed by atoms with E-state index in [1.165, 1.54) is 28.6 Å². The third kappa shape index (κ3) is 6.91. The van der Waals surface area contributed by atoms with Gasteiger partial charge in [-0.05, 0) is 43.2 Å². The zero-order chi connectivity index (χ0) is 30.6. The highest BCUT2D eigenvalue weighted by Crippen LogP contribution is 2.27. The molecule has 0 radical (unpaired) electrons. The number of Topliss-reactive ketones (excluding diaryl/α,β-unsaturated/α-hetero) is 1. The van der Waals surface area contributed by atoms with Crippen molar-refractivity contribution in [3.8, 4) is 0 Å². The van der Waals surface area contributed by atoms with E-state index in [4.69, 9.17) is 11.6 Å². The van der Waals surface area contributed by atoms with Crippen LogP contribution < -0.4 is 5.32 Å². The average molecular weight is 594 g/mol. The molecule has 0 atom stereocenters. The van der Waals surface area contributed by atoms with Crippen LogP contribution in [0.15, 0.2) is 52.6 Å². The van der Waals surface area contributed by atoms with Crippen LogP contribution in [0, 0.1) is 5.82 Å². The molecule has 1 aliphatic heterocycles. The number of carbonyl (C=O) groups is 3. The first-order chi connectivity index (χ1) is 20.0. The van der Waals surface area contributed by atoms with E-state index >= 15 is 0 Å². The van der Waals surface area contributed by atoms with Gasteiger partial charge in [-0.15, -0.1) is 0 Å². The van der Waals surface area contributed by atoms with Gasteiger partial charge >= 0.3 is 0 Å². The number of rotatable bonds is 9. The number of hydrogen-bond donors (Lipinski definition) is 1. The van der Waals surface area contributed by atoms with Crippen LogP contribution in [0.3, 0.4) is 0 Å². The number of fused-ring (bicyclic) bond motifs is 1. The van der Waals surface area contributed by atoms with Crippen LogP contribution in [0.1, 0.15) is 48.8 Å². The zero-order valence-electron chi connectivity index (χ0n) is 24.2. The van der Waals surface area contributed by atoms with E-state index in [0.29, 0.717) is 23.3 Å². The molecular weight excluding hydrogens is 561 g/mol. The number of halogens is 2. The van der Waals surface area contributed by atoms with Gasteiger partial charge in [0.15, 0.2) is 5.78 Å². The highest BCUT2D eigenvalue weighted by atomic mass is 35.5. The van der Waals surface area contributed by atoms with Gasteiger partial charge in [-0.2, -0.15) is 5.10 Å².